The molecular formula is C25H21F4N7O7S. The number of hydrogen-bond donors (Lipinski definition) is 5. The van der Waals surface area contributed by atoms with Gasteiger partial charge in [0.1, 0.15) is 24.2 Å². The number of aromatic amines is 1. The second kappa shape index (κ2) is 12.9. The maximum atomic E-state index is 15.8. The first-order chi connectivity index (χ1) is 20.8. The molecule has 4 rings (SSSR count). The molecule has 0 radical (unpaired) electrons. The molecular weight excluding hydrogens is 618 g/mol. The molecule has 0 aliphatic rings. The van der Waals surface area contributed by atoms with Gasteiger partial charge in [-0.2, -0.15) is 17.9 Å². The van der Waals surface area contributed by atoms with E-state index in [9.17, 15) is 27.6 Å². The first-order valence-electron chi connectivity index (χ1n) is 12.1. The lowest BCUT2D eigenvalue weighted by molar-refractivity contribution is -0.193. The molecule has 6 N–H and O–H groups in total. The third kappa shape index (κ3) is 6.84. The fourth-order valence-electron chi connectivity index (χ4n) is 3.72. The zero-order valence-corrected chi connectivity index (χ0v) is 23.1. The number of nitrogens with zero attached hydrogens (tertiary/aromatic N) is 3. The number of nitrogen functional groups attached to an aromatic ring is 1. The van der Waals surface area contributed by atoms with Crippen LogP contribution in [0.4, 0.5) is 23.2 Å². The van der Waals surface area contributed by atoms with Gasteiger partial charge in [0.2, 0.25) is 0 Å². The number of hydrogen-bond acceptors (Lipinski definition) is 12. The molecule has 14 nitrogen and oxygen atoms in total. The van der Waals surface area contributed by atoms with Crippen LogP contribution >= 0.6 is 11.3 Å². The minimum Gasteiger partial charge on any atom is -0.497 e. The number of nitrogens with two attached hydrogens (primary N) is 1. The van der Waals surface area contributed by atoms with Gasteiger partial charge in [-0.1, -0.05) is 0 Å². The lowest BCUT2D eigenvalue weighted by Crippen LogP contribution is -2.28. The van der Waals surface area contributed by atoms with Crippen LogP contribution in [0.2, 0.25) is 0 Å². The van der Waals surface area contributed by atoms with Crippen LogP contribution < -0.4 is 26.2 Å². The molecule has 0 saturated carbocycles. The van der Waals surface area contributed by atoms with Gasteiger partial charge >= 0.3 is 23.8 Å². The number of alkyl halides is 3. The van der Waals surface area contributed by atoms with Crippen molar-refractivity contribution < 1.29 is 46.5 Å². The zero-order valence-electron chi connectivity index (χ0n) is 22.3. The molecule has 44 heavy (non-hydrogen) atoms. The van der Waals surface area contributed by atoms with Crippen molar-refractivity contribution in [1.29, 1.82) is 5.41 Å². The van der Waals surface area contributed by atoms with Crippen molar-refractivity contribution in [1.82, 2.24) is 19.7 Å². The Bertz CT molecular complexity index is 1750. The smallest absolute Gasteiger partial charge is 0.491 e. The second-order valence-corrected chi connectivity index (χ2v) is 9.43. The van der Waals surface area contributed by atoms with Gasteiger partial charge in [-0.25, -0.2) is 23.8 Å². The lowest BCUT2D eigenvalue weighted by atomic mass is 10.0. The van der Waals surface area contributed by atoms with E-state index in [1.807, 2.05) is 0 Å². The van der Waals surface area contributed by atoms with Gasteiger partial charge in [-0.05, 0) is 30.3 Å². The topological polar surface area (TPSA) is 208 Å². The molecule has 0 spiro atoms. The normalized spacial score (nSPS) is 12.0. The van der Waals surface area contributed by atoms with E-state index in [0.717, 1.165) is 5.51 Å². The Hall–Kier alpha value is -5.30. The Morgan fingerprint density at radius 1 is 1.25 bits per heavy atom. The number of benzene rings is 2. The SMILES string of the molecule is COc1cc(OCCO)c(F)c(C(Nc2ccc(C(=N)N)cc2)c2nn(-c3ncsc3C(=O)OC(=O)C(F)(F)F)c(=O)[nH]2)c1. The van der Waals surface area contributed by atoms with E-state index in [4.69, 9.17) is 25.7 Å². The van der Waals surface area contributed by atoms with Gasteiger partial charge in [0, 0.05) is 22.9 Å². The quantitative estimate of drug-likeness (QED) is 0.0529. The zero-order chi connectivity index (χ0) is 32.2. The van der Waals surface area contributed by atoms with Gasteiger partial charge in [0.05, 0.1) is 19.2 Å². The van der Waals surface area contributed by atoms with Crippen LogP contribution in [0, 0.1) is 11.2 Å². The summed E-state index contributed by atoms with van der Waals surface area (Å²) in [5, 5.41) is 23.8. The van der Waals surface area contributed by atoms with Gasteiger partial charge < -0.3 is 30.4 Å². The molecule has 0 bridgehead atoms. The van der Waals surface area contributed by atoms with Crippen LogP contribution in [-0.2, 0) is 9.53 Å². The monoisotopic (exact) mass is 639 g/mol. The maximum Gasteiger partial charge on any atom is 0.491 e. The Balaban J connectivity index is 1.81. The third-order valence-corrected chi connectivity index (χ3v) is 6.50. The number of halogens is 4. The highest BCUT2D eigenvalue weighted by Gasteiger charge is 2.43. The number of esters is 2. The van der Waals surface area contributed by atoms with Gasteiger partial charge in [0.15, 0.2) is 28.1 Å². The Morgan fingerprint density at radius 3 is 2.57 bits per heavy atom. The van der Waals surface area contributed by atoms with E-state index in [2.05, 4.69) is 25.1 Å². The number of H-pyrrole nitrogens is 1. The average Bonchev–Trinajstić information content (AvgIpc) is 3.62. The third-order valence-electron chi connectivity index (χ3n) is 5.70. The van der Waals surface area contributed by atoms with Crippen molar-refractivity contribution in [3.05, 3.63) is 80.0 Å². The Labute approximate surface area is 247 Å². The van der Waals surface area contributed by atoms with Crippen molar-refractivity contribution in [3.8, 4) is 17.3 Å². The van der Waals surface area contributed by atoms with Gasteiger partial charge in [0.25, 0.3) is 0 Å². The predicted octanol–water partition coefficient (Wildman–Crippen LogP) is 2.27. The fourth-order valence-corrected chi connectivity index (χ4v) is 4.36. The summed E-state index contributed by atoms with van der Waals surface area (Å²) in [5.41, 5.74) is 6.00. The summed E-state index contributed by atoms with van der Waals surface area (Å²) in [6, 6.07) is 7.17. The molecule has 2 aromatic heterocycles. The molecule has 2 aromatic carbocycles. The van der Waals surface area contributed by atoms with Crippen LogP contribution in [0.15, 0.2) is 46.7 Å². The molecule has 0 aliphatic heterocycles. The highest BCUT2D eigenvalue weighted by atomic mass is 32.1. The number of carbonyl (C=O) groups excluding carboxylic acids is 2. The highest BCUT2D eigenvalue weighted by Crippen LogP contribution is 2.35. The molecule has 0 amide bonds. The van der Waals surface area contributed by atoms with Crippen LogP contribution in [0.5, 0.6) is 11.5 Å². The van der Waals surface area contributed by atoms with Gasteiger partial charge in [-0.3, -0.25) is 10.4 Å². The number of nitrogens with one attached hydrogen (secondary N) is 3. The second-order valence-electron chi connectivity index (χ2n) is 8.58. The average molecular weight is 640 g/mol. The van der Waals surface area contributed by atoms with E-state index in [0.29, 0.717) is 27.3 Å². The fraction of sp³-hybridized carbons (Fsp3) is 0.200. The molecule has 1 unspecified atom stereocenters. The number of thiazole rings is 1. The van der Waals surface area contributed by atoms with Crippen molar-refractivity contribution in [2.24, 2.45) is 5.73 Å². The standard InChI is InChI=1S/C25H21F4N7O7S/c1-41-13-8-14(16(26)15(9-13)42-7-6-37)17(33-12-4-2-11(3-5-12)19(30)31)20-34-24(40)36(35-20)21-18(44-10-32-21)22(38)43-23(39)25(27,28)29/h2-5,8-10,17,33,37H,6-7H2,1H3,(H3,30,31)(H,34,35,40). The summed E-state index contributed by atoms with van der Waals surface area (Å²) in [6.45, 7) is -0.694. The predicted molar refractivity (Wildman–Crippen MR) is 145 cm³/mol. The number of aromatic nitrogens is 4. The summed E-state index contributed by atoms with van der Waals surface area (Å²) >= 11 is 0.476. The summed E-state index contributed by atoms with van der Waals surface area (Å²) < 4.78 is 68.6. The van der Waals surface area contributed by atoms with Crippen molar-refractivity contribution in [3.63, 3.8) is 0 Å². The van der Waals surface area contributed by atoms with Crippen molar-refractivity contribution >= 4 is 34.8 Å². The number of amidine groups is 1. The van der Waals surface area contributed by atoms with Crippen LogP contribution in [0.3, 0.4) is 0 Å². The highest BCUT2D eigenvalue weighted by molar-refractivity contribution is 7.12. The molecule has 2 heterocycles. The first-order valence-corrected chi connectivity index (χ1v) is 13.0. The van der Waals surface area contributed by atoms with Gasteiger partial charge in [-0.15, -0.1) is 16.4 Å². The Kier molecular flexibility index (Phi) is 9.29. The molecule has 232 valence electrons. The largest absolute Gasteiger partial charge is 0.497 e. The molecule has 0 fully saturated rings. The summed E-state index contributed by atoms with van der Waals surface area (Å²) in [4.78, 5) is 42.0. The minimum absolute atomic E-state index is 0.119. The maximum absolute atomic E-state index is 15.8. The minimum atomic E-state index is -5.46. The molecule has 0 aliphatic carbocycles. The summed E-state index contributed by atoms with van der Waals surface area (Å²) in [7, 11) is 1.30. The number of ether oxygens (including phenoxy) is 3. The number of methoxy groups -OCH3 is 1. The number of aliphatic hydroxyl groups excluding tert-OH is 1. The summed E-state index contributed by atoms with van der Waals surface area (Å²) in [5.74, 6) is -6.68. The summed E-state index contributed by atoms with van der Waals surface area (Å²) in [6.07, 6.45) is -5.46. The van der Waals surface area contributed by atoms with E-state index >= 15 is 4.39 Å². The van der Waals surface area contributed by atoms with Crippen molar-refractivity contribution in [2.45, 2.75) is 12.2 Å². The van der Waals surface area contributed by atoms with Crippen molar-refractivity contribution in [2.75, 3.05) is 25.6 Å². The first kappa shape index (κ1) is 31.6. The molecule has 0 saturated heterocycles. The molecule has 4 aromatic rings. The molecule has 1 atom stereocenters. The number of rotatable bonds is 11. The van der Waals surface area contributed by atoms with E-state index in [1.165, 1.54) is 43.5 Å². The van der Waals surface area contributed by atoms with E-state index < -0.39 is 53.0 Å². The number of anilines is 1. The number of carbonyl (C=O) groups is 2. The number of aliphatic hydroxyl groups is 1. The Morgan fingerprint density at radius 2 is 1.95 bits per heavy atom. The van der Waals surface area contributed by atoms with E-state index in [-0.39, 0.29) is 35.3 Å². The van der Waals surface area contributed by atoms with Crippen LogP contribution in [0.1, 0.15) is 32.7 Å². The van der Waals surface area contributed by atoms with E-state index in [1.54, 1.807) is 0 Å². The van der Waals surface area contributed by atoms with Crippen LogP contribution in [-0.4, -0.2) is 69.1 Å². The van der Waals surface area contributed by atoms with Crippen LogP contribution in [0.25, 0.3) is 5.82 Å². The lowest BCUT2D eigenvalue weighted by Gasteiger charge is -2.21. The molecule has 19 heteroatoms.